The molecule has 0 saturated carbocycles. The highest BCUT2D eigenvalue weighted by molar-refractivity contribution is 5.83. The number of amides is 1. The Hall–Kier alpha value is -2.15. The molecule has 0 heterocycles. The molecule has 2 N–H and O–H groups in total. The van der Waals surface area contributed by atoms with Gasteiger partial charge in [0.25, 0.3) is 0 Å². The van der Waals surface area contributed by atoms with Crippen molar-refractivity contribution in [3.8, 4) is 6.07 Å². The lowest BCUT2D eigenvalue weighted by Gasteiger charge is -1.95. The Labute approximate surface area is 88.0 Å². The lowest BCUT2D eigenvalue weighted by atomic mass is 10.1. The van der Waals surface area contributed by atoms with Crippen LogP contribution >= 0.6 is 0 Å². The van der Waals surface area contributed by atoms with Crippen molar-refractivity contribution in [2.75, 3.05) is 6.54 Å². The van der Waals surface area contributed by atoms with Crippen molar-refractivity contribution < 1.29 is 4.79 Å². The Kier molecular flexibility index (Phi) is 4.05. The summed E-state index contributed by atoms with van der Waals surface area (Å²) in [7, 11) is 0. The third-order valence-electron chi connectivity index (χ3n) is 1.80. The zero-order chi connectivity index (χ0) is 11.1. The van der Waals surface area contributed by atoms with Gasteiger partial charge in [0, 0.05) is 24.7 Å². The minimum absolute atomic E-state index is 0.227. The molecule has 0 saturated heterocycles. The van der Waals surface area contributed by atoms with Crippen LogP contribution in [-0.4, -0.2) is 18.7 Å². The number of carbonyl (C=O) groups excluding carboxylic acids is 1. The third kappa shape index (κ3) is 3.61. The summed E-state index contributed by atoms with van der Waals surface area (Å²) in [5.41, 5.74) is 6.29. The van der Waals surface area contributed by atoms with Gasteiger partial charge < -0.3 is 5.73 Å². The number of carbonyl (C=O) groups is 1. The van der Waals surface area contributed by atoms with Crippen LogP contribution in [0.2, 0.25) is 0 Å². The number of benzene rings is 1. The number of nitrogens with two attached hydrogens (primary N) is 1. The van der Waals surface area contributed by atoms with Gasteiger partial charge in [0.15, 0.2) is 0 Å². The van der Waals surface area contributed by atoms with Gasteiger partial charge in [-0.1, -0.05) is 18.2 Å². The highest BCUT2D eigenvalue weighted by Crippen LogP contribution is 2.03. The maximum atomic E-state index is 10.4. The fourth-order valence-electron chi connectivity index (χ4n) is 1.05. The molecule has 76 valence electrons. The monoisotopic (exact) mass is 201 g/mol. The Bertz CT molecular complexity index is 418. The number of rotatable bonds is 4. The SMILES string of the molecule is N#Cc1ccccc1C=NCCC(N)=O. The standard InChI is InChI=1S/C11H11N3O/c12-7-9-3-1-2-4-10(9)8-14-6-5-11(13)15/h1-4,8H,5-6H2,(H2,13,15). The third-order valence-corrected chi connectivity index (χ3v) is 1.80. The number of aliphatic imine (C=N–C) groups is 1. The van der Waals surface area contributed by atoms with Gasteiger partial charge in [-0.3, -0.25) is 9.79 Å². The van der Waals surface area contributed by atoms with Gasteiger partial charge >= 0.3 is 0 Å². The Morgan fingerprint density at radius 2 is 2.27 bits per heavy atom. The van der Waals surface area contributed by atoms with Crippen molar-refractivity contribution in [1.29, 1.82) is 5.26 Å². The average Bonchev–Trinajstić information content (AvgIpc) is 2.24. The molecule has 0 aromatic heterocycles. The largest absolute Gasteiger partial charge is 0.370 e. The lowest BCUT2D eigenvalue weighted by molar-refractivity contribution is -0.117. The van der Waals surface area contributed by atoms with E-state index in [0.717, 1.165) is 5.56 Å². The van der Waals surface area contributed by atoms with Gasteiger partial charge in [0.1, 0.15) is 0 Å². The van der Waals surface area contributed by atoms with Crippen LogP contribution in [0, 0.1) is 11.3 Å². The Balaban J connectivity index is 2.64. The van der Waals surface area contributed by atoms with Gasteiger partial charge in [0.05, 0.1) is 11.6 Å². The minimum Gasteiger partial charge on any atom is -0.370 e. The molecule has 1 amide bonds. The average molecular weight is 201 g/mol. The highest BCUT2D eigenvalue weighted by Gasteiger charge is 1.96. The summed E-state index contributed by atoms with van der Waals surface area (Å²) in [6.45, 7) is 0.356. The summed E-state index contributed by atoms with van der Waals surface area (Å²) < 4.78 is 0. The van der Waals surface area contributed by atoms with Crippen molar-refractivity contribution in [3.63, 3.8) is 0 Å². The summed E-state index contributed by atoms with van der Waals surface area (Å²) in [4.78, 5) is 14.4. The first kappa shape index (κ1) is 10.9. The molecule has 4 heteroatoms. The van der Waals surface area contributed by atoms with Crippen molar-refractivity contribution in [3.05, 3.63) is 35.4 Å². The number of hydrogen-bond donors (Lipinski definition) is 1. The predicted octanol–water partition coefficient (Wildman–Crippen LogP) is 0.853. The van der Waals surface area contributed by atoms with Crippen molar-refractivity contribution >= 4 is 12.1 Å². The molecular formula is C11H11N3O. The molecule has 1 aromatic rings. The zero-order valence-electron chi connectivity index (χ0n) is 8.18. The molecule has 0 aliphatic heterocycles. The maximum Gasteiger partial charge on any atom is 0.219 e. The molecule has 1 rings (SSSR count). The predicted molar refractivity (Wildman–Crippen MR) is 57.4 cm³/mol. The molecule has 0 radical (unpaired) electrons. The van der Waals surface area contributed by atoms with Gasteiger partial charge in [-0.15, -0.1) is 0 Å². The summed E-state index contributed by atoms with van der Waals surface area (Å²) in [5.74, 6) is -0.374. The van der Waals surface area contributed by atoms with E-state index in [1.807, 2.05) is 6.07 Å². The number of nitriles is 1. The van der Waals surface area contributed by atoms with Crippen LogP contribution in [-0.2, 0) is 4.79 Å². The van der Waals surface area contributed by atoms with Crippen LogP contribution in [0.25, 0.3) is 0 Å². The number of primary amides is 1. The van der Waals surface area contributed by atoms with E-state index in [-0.39, 0.29) is 12.3 Å². The molecule has 0 aliphatic rings. The topological polar surface area (TPSA) is 79.2 Å². The van der Waals surface area contributed by atoms with E-state index >= 15 is 0 Å². The lowest BCUT2D eigenvalue weighted by Crippen LogP contribution is -2.11. The maximum absolute atomic E-state index is 10.4. The molecule has 0 unspecified atom stereocenters. The first-order valence-electron chi connectivity index (χ1n) is 4.51. The first-order valence-corrected chi connectivity index (χ1v) is 4.51. The van der Waals surface area contributed by atoms with Gasteiger partial charge in [-0.2, -0.15) is 5.26 Å². The second kappa shape index (κ2) is 5.55. The van der Waals surface area contributed by atoms with Crippen LogP contribution in [0.1, 0.15) is 17.5 Å². The molecule has 0 atom stereocenters. The zero-order valence-corrected chi connectivity index (χ0v) is 8.18. The summed E-state index contributed by atoms with van der Waals surface area (Å²) in [6.07, 6.45) is 1.81. The number of hydrogen-bond acceptors (Lipinski definition) is 3. The van der Waals surface area contributed by atoms with Crippen LogP contribution in [0.15, 0.2) is 29.3 Å². The van der Waals surface area contributed by atoms with E-state index in [4.69, 9.17) is 11.0 Å². The summed E-state index contributed by atoms with van der Waals surface area (Å²) in [5, 5.41) is 8.78. The molecule has 0 aliphatic carbocycles. The van der Waals surface area contributed by atoms with Crippen LogP contribution < -0.4 is 5.73 Å². The smallest absolute Gasteiger partial charge is 0.219 e. The van der Waals surface area contributed by atoms with Gasteiger partial charge in [0.2, 0.25) is 5.91 Å². The van der Waals surface area contributed by atoms with Gasteiger partial charge in [-0.25, -0.2) is 0 Å². The van der Waals surface area contributed by atoms with E-state index < -0.39 is 0 Å². The fourth-order valence-corrected chi connectivity index (χ4v) is 1.05. The summed E-state index contributed by atoms with van der Waals surface area (Å²) >= 11 is 0. The van der Waals surface area contributed by atoms with E-state index in [9.17, 15) is 4.79 Å². The van der Waals surface area contributed by atoms with E-state index in [1.165, 1.54) is 0 Å². The minimum atomic E-state index is -0.374. The normalized spacial score (nSPS) is 10.1. The van der Waals surface area contributed by atoms with Gasteiger partial charge in [-0.05, 0) is 6.07 Å². The number of nitrogens with zero attached hydrogens (tertiary/aromatic N) is 2. The molecule has 0 bridgehead atoms. The molecule has 0 fully saturated rings. The molecule has 1 aromatic carbocycles. The van der Waals surface area contributed by atoms with E-state index in [0.29, 0.717) is 12.1 Å². The molecule has 4 nitrogen and oxygen atoms in total. The first-order chi connectivity index (χ1) is 7.24. The Morgan fingerprint density at radius 1 is 1.53 bits per heavy atom. The van der Waals surface area contributed by atoms with Crippen LogP contribution in [0.5, 0.6) is 0 Å². The summed E-state index contributed by atoms with van der Waals surface area (Å²) in [6, 6.07) is 9.20. The van der Waals surface area contributed by atoms with E-state index in [2.05, 4.69) is 11.1 Å². The van der Waals surface area contributed by atoms with Crippen molar-refractivity contribution in [2.24, 2.45) is 10.7 Å². The fraction of sp³-hybridized carbons (Fsp3) is 0.182. The van der Waals surface area contributed by atoms with Crippen LogP contribution in [0.3, 0.4) is 0 Å². The highest BCUT2D eigenvalue weighted by atomic mass is 16.1. The van der Waals surface area contributed by atoms with E-state index in [1.54, 1.807) is 24.4 Å². The van der Waals surface area contributed by atoms with Crippen molar-refractivity contribution in [2.45, 2.75) is 6.42 Å². The second-order valence-electron chi connectivity index (χ2n) is 2.95. The Morgan fingerprint density at radius 3 is 2.93 bits per heavy atom. The molecule has 0 spiro atoms. The van der Waals surface area contributed by atoms with Crippen LogP contribution in [0.4, 0.5) is 0 Å². The molecule has 15 heavy (non-hydrogen) atoms. The second-order valence-corrected chi connectivity index (χ2v) is 2.95. The molecular weight excluding hydrogens is 190 g/mol. The quantitative estimate of drug-likeness (QED) is 0.733. The van der Waals surface area contributed by atoms with Crippen molar-refractivity contribution in [1.82, 2.24) is 0 Å².